The van der Waals surface area contributed by atoms with E-state index in [4.69, 9.17) is 0 Å². The molecule has 1 heterocycles. The van der Waals surface area contributed by atoms with E-state index in [0.717, 1.165) is 22.9 Å². The molecular formula is C19H25N3O4. The van der Waals surface area contributed by atoms with Crippen LogP contribution in [0.1, 0.15) is 31.9 Å². The van der Waals surface area contributed by atoms with E-state index in [1.54, 1.807) is 6.20 Å². The van der Waals surface area contributed by atoms with Gasteiger partial charge in [0.1, 0.15) is 6.04 Å². The van der Waals surface area contributed by atoms with E-state index in [2.05, 4.69) is 17.2 Å². The van der Waals surface area contributed by atoms with Crippen LogP contribution in [-0.2, 0) is 27.2 Å². The Morgan fingerprint density at radius 1 is 1.27 bits per heavy atom. The quantitative estimate of drug-likeness (QED) is 0.668. The number of nitrogens with zero attached hydrogens (tertiary/aromatic N) is 1. The summed E-state index contributed by atoms with van der Waals surface area (Å²) in [6, 6.07) is 4.98. The van der Waals surface area contributed by atoms with Crippen molar-refractivity contribution < 1.29 is 19.5 Å². The predicted octanol–water partition coefficient (Wildman–Crippen LogP) is 1.71. The number of aryl methyl sites for hydroxylation is 1. The number of aromatic amines is 1. The molecule has 1 aromatic carbocycles. The van der Waals surface area contributed by atoms with Gasteiger partial charge in [-0.3, -0.25) is 9.59 Å². The highest BCUT2D eigenvalue weighted by Gasteiger charge is 2.26. The van der Waals surface area contributed by atoms with Gasteiger partial charge >= 0.3 is 5.97 Å². The van der Waals surface area contributed by atoms with Crippen LogP contribution < -0.4 is 5.32 Å². The molecular weight excluding hydrogens is 334 g/mol. The molecule has 1 unspecified atom stereocenters. The van der Waals surface area contributed by atoms with Crippen LogP contribution in [0, 0.1) is 0 Å². The molecule has 2 rings (SSSR count). The molecule has 0 bridgehead atoms. The summed E-state index contributed by atoms with van der Waals surface area (Å²) in [5, 5.41) is 12.9. The number of carbonyl (C=O) groups is 3. The SMILES string of the molecule is CCc1cccc2c(CC(=O)N(CCNC(C)=O)C(C)C(=O)O)c[nH]c12. The maximum atomic E-state index is 12.8. The number of rotatable bonds is 8. The highest BCUT2D eigenvalue weighted by atomic mass is 16.4. The average molecular weight is 359 g/mol. The molecule has 0 saturated carbocycles. The number of amides is 2. The summed E-state index contributed by atoms with van der Waals surface area (Å²) in [7, 11) is 0. The zero-order chi connectivity index (χ0) is 19.3. The number of fused-ring (bicyclic) bond motifs is 1. The second-order valence-corrected chi connectivity index (χ2v) is 6.27. The number of para-hydroxylation sites is 1. The van der Waals surface area contributed by atoms with E-state index in [1.165, 1.54) is 24.3 Å². The Labute approximate surface area is 152 Å². The molecule has 0 saturated heterocycles. The molecule has 3 N–H and O–H groups in total. The van der Waals surface area contributed by atoms with Gasteiger partial charge in [0.2, 0.25) is 11.8 Å². The number of aliphatic carboxylic acids is 1. The third-order valence-electron chi connectivity index (χ3n) is 4.48. The molecule has 140 valence electrons. The molecule has 1 atom stereocenters. The Hall–Kier alpha value is -2.83. The zero-order valence-corrected chi connectivity index (χ0v) is 15.3. The zero-order valence-electron chi connectivity index (χ0n) is 15.3. The molecule has 0 aliphatic carbocycles. The molecule has 0 fully saturated rings. The van der Waals surface area contributed by atoms with Crippen molar-refractivity contribution in [3.63, 3.8) is 0 Å². The van der Waals surface area contributed by atoms with Crippen LogP contribution in [-0.4, -0.2) is 51.9 Å². The third-order valence-corrected chi connectivity index (χ3v) is 4.48. The fourth-order valence-corrected chi connectivity index (χ4v) is 3.00. The van der Waals surface area contributed by atoms with E-state index in [9.17, 15) is 19.5 Å². The summed E-state index contributed by atoms with van der Waals surface area (Å²) in [4.78, 5) is 39.7. The smallest absolute Gasteiger partial charge is 0.326 e. The van der Waals surface area contributed by atoms with Gasteiger partial charge in [0, 0.05) is 37.1 Å². The third kappa shape index (κ3) is 4.41. The first-order valence-electron chi connectivity index (χ1n) is 8.69. The lowest BCUT2D eigenvalue weighted by Crippen LogP contribution is -2.47. The highest BCUT2D eigenvalue weighted by Crippen LogP contribution is 2.23. The number of carboxylic acid groups (broad SMARTS) is 1. The largest absolute Gasteiger partial charge is 0.480 e. The molecule has 0 spiro atoms. The van der Waals surface area contributed by atoms with Crippen molar-refractivity contribution in [3.05, 3.63) is 35.5 Å². The van der Waals surface area contributed by atoms with Gasteiger partial charge in [0.05, 0.1) is 6.42 Å². The van der Waals surface area contributed by atoms with Crippen LogP contribution in [0.5, 0.6) is 0 Å². The molecule has 0 aliphatic heterocycles. The summed E-state index contributed by atoms with van der Waals surface area (Å²) >= 11 is 0. The minimum atomic E-state index is -1.08. The summed E-state index contributed by atoms with van der Waals surface area (Å²) in [5.41, 5.74) is 3.01. The van der Waals surface area contributed by atoms with Gasteiger partial charge in [-0.15, -0.1) is 0 Å². The summed E-state index contributed by atoms with van der Waals surface area (Å²) < 4.78 is 0. The van der Waals surface area contributed by atoms with Crippen LogP contribution in [0.3, 0.4) is 0 Å². The van der Waals surface area contributed by atoms with Gasteiger partial charge in [-0.2, -0.15) is 0 Å². The first-order chi connectivity index (χ1) is 12.3. The van der Waals surface area contributed by atoms with Crippen molar-refractivity contribution in [1.82, 2.24) is 15.2 Å². The topological polar surface area (TPSA) is 102 Å². The minimum Gasteiger partial charge on any atom is -0.480 e. The van der Waals surface area contributed by atoms with E-state index < -0.39 is 12.0 Å². The van der Waals surface area contributed by atoms with E-state index in [1.807, 2.05) is 18.2 Å². The molecule has 0 aliphatic rings. The van der Waals surface area contributed by atoms with Gasteiger partial charge < -0.3 is 20.3 Å². The Morgan fingerprint density at radius 3 is 2.62 bits per heavy atom. The number of nitrogens with one attached hydrogen (secondary N) is 2. The van der Waals surface area contributed by atoms with Crippen molar-refractivity contribution in [1.29, 1.82) is 0 Å². The van der Waals surface area contributed by atoms with Crippen molar-refractivity contribution in [2.45, 2.75) is 39.7 Å². The van der Waals surface area contributed by atoms with Gasteiger partial charge in [-0.05, 0) is 24.5 Å². The summed E-state index contributed by atoms with van der Waals surface area (Å²) in [6.07, 6.45) is 2.79. The molecule has 26 heavy (non-hydrogen) atoms. The molecule has 0 radical (unpaired) electrons. The van der Waals surface area contributed by atoms with Gasteiger partial charge in [-0.25, -0.2) is 4.79 Å². The van der Waals surface area contributed by atoms with Gasteiger partial charge in [-0.1, -0.05) is 25.1 Å². The van der Waals surface area contributed by atoms with Crippen LogP contribution in [0.2, 0.25) is 0 Å². The van der Waals surface area contributed by atoms with Crippen LogP contribution in [0.4, 0.5) is 0 Å². The van der Waals surface area contributed by atoms with Gasteiger partial charge in [0.25, 0.3) is 0 Å². The first kappa shape index (κ1) is 19.5. The number of aromatic nitrogens is 1. The fraction of sp³-hybridized carbons (Fsp3) is 0.421. The standard InChI is InChI=1S/C19H25N3O4/c1-4-14-6-5-7-16-15(11-21-18(14)16)10-17(24)22(12(2)19(25)26)9-8-20-13(3)23/h5-7,11-12,21H,4,8-10H2,1-3H3,(H,20,23)(H,25,26). The fourth-order valence-electron chi connectivity index (χ4n) is 3.00. The maximum absolute atomic E-state index is 12.8. The Kier molecular flexibility index (Phi) is 6.38. The van der Waals surface area contributed by atoms with Crippen LogP contribution in [0.25, 0.3) is 10.9 Å². The summed E-state index contributed by atoms with van der Waals surface area (Å²) in [5.74, 6) is -1.58. The number of carbonyl (C=O) groups excluding carboxylic acids is 2. The van der Waals surface area contributed by atoms with E-state index >= 15 is 0 Å². The first-order valence-corrected chi connectivity index (χ1v) is 8.69. The minimum absolute atomic E-state index is 0.102. The number of H-pyrrole nitrogens is 1. The molecule has 7 nitrogen and oxygen atoms in total. The second kappa shape index (κ2) is 8.51. The Bertz CT molecular complexity index is 812. The molecule has 2 amide bonds. The highest BCUT2D eigenvalue weighted by molar-refractivity contribution is 5.92. The molecule has 2 aromatic rings. The van der Waals surface area contributed by atoms with Gasteiger partial charge in [0.15, 0.2) is 0 Å². The number of benzene rings is 1. The summed E-state index contributed by atoms with van der Waals surface area (Å²) in [6.45, 7) is 5.28. The monoisotopic (exact) mass is 359 g/mol. The van der Waals surface area contributed by atoms with Crippen molar-refractivity contribution >= 4 is 28.7 Å². The lowest BCUT2D eigenvalue weighted by molar-refractivity contribution is -0.149. The normalized spacial score (nSPS) is 12.0. The predicted molar refractivity (Wildman–Crippen MR) is 98.9 cm³/mol. The number of carboxylic acids is 1. The Morgan fingerprint density at radius 2 is 2.00 bits per heavy atom. The lowest BCUT2D eigenvalue weighted by Gasteiger charge is -2.26. The van der Waals surface area contributed by atoms with Crippen LogP contribution in [0.15, 0.2) is 24.4 Å². The van der Waals surface area contributed by atoms with Crippen molar-refractivity contribution in [2.24, 2.45) is 0 Å². The number of hydrogen-bond acceptors (Lipinski definition) is 3. The van der Waals surface area contributed by atoms with E-state index in [0.29, 0.717) is 0 Å². The van der Waals surface area contributed by atoms with E-state index in [-0.39, 0.29) is 31.3 Å². The number of hydrogen-bond donors (Lipinski definition) is 3. The van der Waals surface area contributed by atoms with Crippen molar-refractivity contribution in [3.8, 4) is 0 Å². The molecule has 7 heteroatoms. The average Bonchev–Trinajstić information content (AvgIpc) is 3.00. The van der Waals surface area contributed by atoms with Crippen LogP contribution >= 0.6 is 0 Å². The molecule has 1 aromatic heterocycles. The van der Waals surface area contributed by atoms with Crippen molar-refractivity contribution in [2.75, 3.05) is 13.1 Å². The maximum Gasteiger partial charge on any atom is 0.326 e. The Balaban J connectivity index is 2.20. The lowest BCUT2D eigenvalue weighted by atomic mass is 10.0. The second-order valence-electron chi connectivity index (χ2n) is 6.27.